The minimum Gasteiger partial charge on any atom is -0.480 e. The molecule has 110 valence electrons. The standard InChI is InChI=1S/C10H15N5O5/c1-6(9-13-11-5-14(9)2)12-10(20)15(3-7(16)17)4-8(18)19/h5-6H,3-4H2,1-2H3,(H,12,20)(H,16,17)(H,18,19). The molecule has 1 aromatic heterocycles. The summed E-state index contributed by atoms with van der Waals surface area (Å²) in [5.41, 5.74) is 0. The van der Waals surface area contributed by atoms with Crippen LogP contribution in [-0.2, 0) is 16.6 Å². The average Bonchev–Trinajstić information content (AvgIpc) is 2.73. The van der Waals surface area contributed by atoms with Gasteiger partial charge in [0, 0.05) is 7.05 Å². The Hall–Kier alpha value is -2.65. The number of hydrogen-bond acceptors (Lipinski definition) is 5. The van der Waals surface area contributed by atoms with Crippen molar-refractivity contribution in [3.8, 4) is 0 Å². The average molecular weight is 285 g/mol. The molecule has 1 rings (SSSR count). The van der Waals surface area contributed by atoms with E-state index in [1.165, 1.54) is 6.33 Å². The van der Waals surface area contributed by atoms with E-state index in [4.69, 9.17) is 10.2 Å². The summed E-state index contributed by atoms with van der Waals surface area (Å²) in [6, 6.07) is -1.34. The topological polar surface area (TPSA) is 138 Å². The Bertz CT molecular complexity index is 498. The number of urea groups is 1. The molecule has 20 heavy (non-hydrogen) atoms. The number of nitrogens with one attached hydrogen (secondary N) is 1. The molecule has 10 heteroatoms. The fourth-order valence-corrected chi connectivity index (χ4v) is 1.55. The van der Waals surface area contributed by atoms with E-state index in [-0.39, 0.29) is 0 Å². The molecule has 0 aliphatic heterocycles. The highest BCUT2D eigenvalue weighted by molar-refractivity contribution is 5.84. The summed E-state index contributed by atoms with van der Waals surface area (Å²) < 4.78 is 1.59. The number of nitrogens with zero attached hydrogens (tertiary/aromatic N) is 4. The first kappa shape index (κ1) is 15.4. The molecule has 1 aromatic rings. The predicted molar refractivity (Wildman–Crippen MR) is 64.8 cm³/mol. The maximum atomic E-state index is 11.9. The first-order valence-corrected chi connectivity index (χ1v) is 5.64. The molecule has 10 nitrogen and oxygen atoms in total. The molecule has 3 N–H and O–H groups in total. The van der Waals surface area contributed by atoms with Gasteiger partial charge in [-0.1, -0.05) is 0 Å². The lowest BCUT2D eigenvalue weighted by Crippen LogP contribution is -2.46. The lowest BCUT2D eigenvalue weighted by molar-refractivity contribution is -0.140. The van der Waals surface area contributed by atoms with Crippen molar-refractivity contribution in [2.45, 2.75) is 13.0 Å². The smallest absolute Gasteiger partial charge is 0.323 e. The van der Waals surface area contributed by atoms with Crippen LogP contribution in [0.5, 0.6) is 0 Å². The summed E-state index contributed by atoms with van der Waals surface area (Å²) >= 11 is 0. The Kier molecular flexibility index (Phi) is 5.01. The Morgan fingerprint density at radius 3 is 2.30 bits per heavy atom. The SMILES string of the molecule is CC(NC(=O)N(CC(=O)O)CC(=O)O)c1nncn1C. The Balaban J connectivity index is 2.72. The van der Waals surface area contributed by atoms with Gasteiger partial charge in [-0.3, -0.25) is 9.59 Å². The first-order chi connectivity index (χ1) is 9.31. The van der Waals surface area contributed by atoms with Crippen LogP contribution >= 0.6 is 0 Å². The summed E-state index contributed by atoms with van der Waals surface area (Å²) in [6.07, 6.45) is 1.45. The van der Waals surface area contributed by atoms with Crippen LogP contribution in [0.2, 0.25) is 0 Å². The third-order valence-corrected chi connectivity index (χ3v) is 2.41. The second-order valence-corrected chi connectivity index (χ2v) is 4.11. The molecule has 0 aromatic carbocycles. The highest BCUT2D eigenvalue weighted by atomic mass is 16.4. The van der Waals surface area contributed by atoms with Gasteiger partial charge in [-0.25, -0.2) is 4.79 Å². The monoisotopic (exact) mass is 285 g/mol. The number of aromatic nitrogens is 3. The number of carboxylic acids is 2. The van der Waals surface area contributed by atoms with Gasteiger partial charge in [0.1, 0.15) is 19.4 Å². The normalized spacial score (nSPS) is 11.7. The second kappa shape index (κ2) is 6.50. The van der Waals surface area contributed by atoms with Crippen molar-refractivity contribution in [2.24, 2.45) is 7.05 Å². The molecule has 0 radical (unpaired) electrons. The van der Waals surface area contributed by atoms with Crippen molar-refractivity contribution in [2.75, 3.05) is 13.1 Å². The quantitative estimate of drug-likeness (QED) is 0.613. The van der Waals surface area contributed by atoms with E-state index in [9.17, 15) is 14.4 Å². The molecule has 0 saturated carbocycles. The van der Waals surface area contributed by atoms with Crippen LogP contribution in [0.15, 0.2) is 6.33 Å². The van der Waals surface area contributed by atoms with E-state index in [1.54, 1.807) is 18.5 Å². The van der Waals surface area contributed by atoms with Gasteiger partial charge in [0.05, 0.1) is 6.04 Å². The van der Waals surface area contributed by atoms with Crippen molar-refractivity contribution in [1.82, 2.24) is 25.0 Å². The fraction of sp³-hybridized carbons (Fsp3) is 0.500. The lowest BCUT2D eigenvalue weighted by atomic mass is 10.3. The number of carboxylic acid groups (broad SMARTS) is 2. The van der Waals surface area contributed by atoms with Crippen LogP contribution in [0.3, 0.4) is 0 Å². The molecular formula is C10H15N5O5. The van der Waals surface area contributed by atoms with Gasteiger partial charge in [0.15, 0.2) is 5.82 Å². The van der Waals surface area contributed by atoms with Crippen molar-refractivity contribution >= 4 is 18.0 Å². The minimum absolute atomic E-state index is 0.462. The van der Waals surface area contributed by atoms with Gasteiger partial charge in [-0.15, -0.1) is 10.2 Å². The molecule has 0 spiro atoms. The van der Waals surface area contributed by atoms with E-state index >= 15 is 0 Å². The number of carbonyl (C=O) groups excluding carboxylic acids is 1. The van der Waals surface area contributed by atoms with Gasteiger partial charge in [-0.2, -0.15) is 0 Å². The van der Waals surface area contributed by atoms with Crippen molar-refractivity contribution in [3.05, 3.63) is 12.2 Å². The second-order valence-electron chi connectivity index (χ2n) is 4.11. The molecule has 1 unspecified atom stereocenters. The zero-order valence-electron chi connectivity index (χ0n) is 11.0. The summed E-state index contributed by atoms with van der Waals surface area (Å²) in [7, 11) is 1.68. The predicted octanol–water partition coefficient (Wildman–Crippen LogP) is -0.943. The van der Waals surface area contributed by atoms with Crippen molar-refractivity contribution < 1.29 is 24.6 Å². The number of carbonyl (C=O) groups is 3. The first-order valence-electron chi connectivity index (χ1n) is 5.64. The maximum absolute atomic E-state index is 11.9. The van der Waals surface area contributed by atoms with Gasteiger partial charge < -0.3 is 25.0 Å². The largest absolute Gasteiger partial charge is 0.480 e. The Morgan fingerprint density at radius 2 is 1.90 bits per heavy atom. The van der Waals surface area contributed by atoms with E-state index in [0.717, 1.165) is 0 Å². The molecular weight excluding hydrogens is 270 g/mol. The highest BCUT2D eigenvalue weighted by Crippen LogP contribution is 2.07. The van der Waals surface area contributed by atoms with E-state index in [0.29, 0.717) is 10.7 Å². The van der Waals surface area contributed by atoms with Crippen LogP contribution < -0.4 is 5.32 Å². The minimum atomic E-state index is -1.30. The van der Waals surface area contributed by atoms with Crippen LogP contribution in [0.25, 0.3) is 0 Å². The zero-order chi connectivity index (χ0) is 15.3. The van der Waals surface area contributed by atoms with Crippen LogP contribution in [-0.4, -0.2) is 60.9 Å². The Labute approximate surface area is 114 Å². The number of aryl methyl sites for hydroxylation is 1. The van der Waals surface area contributed by atoms with Crippen LogP contribution in [0.4, 0.5) is 4.79 Å². The van der Waals surface area contributed by atoms with E-state index in [1.807, 2.05) is 0 Å². The van der Waals surface area contributed by atoms with E-state index in [2.05, 4.69) is 15.5 Å². The lowest BCUT2D eigenvalue weighted by Gasteiger charge is -2.21. The number of rotatable bonds is 6. The molecule has 0 fully saturated rings. The fourth-order valence-electron chi connectivity index (χ4n) is 1.55. The number of amides is 2. The molecule has 1 atom stereocenters. The molecule has 0 saturated heterocycles. The summed E-state index contributed by atoms with van der Waals surface area (Å²) in [4.78, 5) is 33.8. The van der Waals surface area contributed by atoms with Crippen molar-refractivity contribution in [3.63, 3.8) is 0 Å². The zero-order valence-corrected chi connectivity index (χ0v) is 11.0. The summed E-state index contributed by atoms with van der Waals surface area (Å²) in [6.45, 7) is 0.217. The van der Waals surface area contributed by atoms with Gasteiger partial charge >= 0.3 is 18.0 Å². The number of hydrogen-bond donors (Lipinski definition) is 3. The molecule has 0 aliphatic rings. The molecule has 0 bridgehead atoms. The van der Waals surface area contributed by atoms with Crippen LogP contribution in [0, 0.1) is 0 Å². The molecule has 0 aliphatic carbocycles. The highest BCUT2D eigenvalue weighted by Gasteiger charge is 2.22. The third kappa shape index (κ3) is 4.23. The van der Waals surface area contributed by atoms with Gasteiger partial charge in [-0.05, 0) is 6.92 Å². The summed E-state index contributed by atoms with van der Waals surface area (Å²) in [5.74, 6) is -2.13. The van der Waals surface area contributed by atoms with E-state index < -0.39 is 37.1 Å². The Morgan fingerprint density at radius 1 is 1.35 bits per heavy atom. The number of aliphatic carboxylic acids is 2. The third-order valence-electron chi connectivity index (χ3n) is 2.41. The molecule has 2 amide bonds. The van der Waals surface area contributed by atoms with Gasteiger partial charge in [0.25, 0.3) is 0 Å². The molecule has 1 heterocycles. The van der Waals surface area contributed by atoms with Gasteiger partial charge in [0.2, 0.25) is 0 Å². The maximum Gasteiger partial charge on any atom is 0.323 e. The van der Waals surface area contributed by atoms with Crippen LogP contribution in [0.1, 0.15) is 18.8 Å². The summed E-state index contributed by atoms with van der Waals surface area (Å²) in [5, 5.41) is 27.3. The van der Waals surface area contributed by atoms with Crippen molar-refractivity contribution in [1.29, 1.82) is 0 Å².